The number of quaternary nitrogens is 1. The molecular formula is C19H30N3OS2+. The van der Waals surface area contributed by atoms with Crippen molar-refractivity contribution in [2.45, 2.75) is 39.3 Å². The molecule has 0 spiro atoms. The monoisotopic (exact) mass is 380 g/mol. The van der Waals surface area contributed by atoms with Gasteiger partial charge in [-0.05, 0) is 13.8 Å². The second-order valence-electron chi connectivity index (χ2n) is 6.48. The van der Waals surface area contributed by atoms with E-state index >= 15 is 0 Å². The van der Waals surface area contributed by atoms with Gasteiger partial charge >= 0.3 is 0 Å². The Kier molecular flexibility index (Phi) is 8.72. The molecule has 1 fully saturated rings. The number of carbonyl (C=O) groups excluding carboxylic acids is 1. The smallest absolute Gasteiger partial charge is 0.230 e. The van der Waals surface area contributed by atoms with Crippen LogP contribution < -0.4 is 10.2 Å². The number of thioether (sulfide) groups is 1. The van der Waals surface area contributed by atoms with E-state index in [0.717, 1.165) is 49.9 Å². The minimum Gasteiger partial charge on any atom is -0.358 e. The fraction of sp³-hybridized carbons (Fsp3) is 0.579. The van der Waals surface area contributed by atoms with Gasteiger partial charge in [-0.1, -0.05) is 54.3 Å². The van der Waals surface area contributed by atoms with Crippen molar-refractivity contribution in [3.63, 3.8) is 0 Å². The molecule has 0 unspecified atom stereocenters. The number of rotatable bonds is 7. The summed E-state index contributed by atoms with van der Waals surface area (Å²) in [5, 5.41) is 3.18. The Bertz CT molecular complexity index is 541. The third kappa shape index (κ3) is 6.96. The van der Waals surface area contributed by atoms with Crippen molar-refractivity contribution in [2.24, 2.45) is 0 Å². The Hall–Kier alpha value is -1.11. The van der Waals surface area contributed by atoms with Gasteiger partial charge in [-0.2, -0.15) is 0 Å². The number of benzene rings is 1. The molecule has 1 aromatic carbocycles. The van der Waals surface area contributed by atoms with Gasteiger partial charge in [-0.25, -0.2) is 0 Å². The topological polar surface area (TPSA) is 36.8 Å². The quantitative estimate of drug-likeness (QED) is 0.706. The molecule has 1 saturated heterocycles. The first kappa shape index (κ1) is 20.2. The third-order valence-electron chi connectivity index (χ3n) is 4.70. The first-order valence-corrected chi connectivity index (χ1v) is 10.6. The molecule has 1 aliphatic rings. The number of thiocarbonyl (C=S) groups is 1. The molecule has 0 aromatic heterocycles. The summed E-state index contributed by atoms with van der Waals surface area (Å²) < 4.78 is 0.822. The van der Waals surface area contributed by atoms with Crippen molar-refractivity contribution in [2.75, 3.05) is 31.9 Å². The largest absolute Gasteiger partial charge is 0.358 e. The fourth-order valence-corrected chi connectivity index (χ4v) is 4.42. The zero-order valence-electron chi connectivity index (χ0n) is 15.3. The number of hydrogen-bond donors (Lipinski definition) is 2. The van der Waals surface area contributed by atoms with Crippen molar-refractivity contribution in [1.82, 2.24) is 10.2 Å². The molecule has 0 radical (unpaired) electrons. The van der Waals surface area contributed by atoms with Crippen LogP contribution in [0.2, 0.25) is 0 Å². The van der Waals surface area contributed by atoms with Crippen molar-refractivity contribution in [3.05, 3.63) is 35.9 Å². The predicted molar refractivity (Wildman–Crippen MR) is 110 cm³/mol. The van der Waals surface area contributed by atoms with Crippen LogP contribution in [0.5, 0.6) is 0 Å². The van der Waals surface area contributed by atoms with Crippen LogP contribution in [-0.2, 0) is 11.3 Å². The van der Waals surface area contributed by atoms with Gasteiger partial charge in [-0.15, -0.1) is 0 Å². The lowest BCUT2D eigenvalue weighted by molar-refractivity contribution is -0.918. The maximum atomic E-state index is 12.2. The van der Waals surface area contributed by atoms with E-state index in [1.165, 1.54) is 17.3 Å². The average molecular weight is 381 g/mol. The molecule has 1 aliphatic heterocycles. The lowest BCUT2D eigenvalue weighted by atomic mass is 10.0. The third-order valence-corrected chi connectivity index (χ3v) is 6.23. The summed E-state index contributed by atoms with van der Waals surface area (Å²) in [6, 6.07) is 11.0. The van der Waals surface area contributed by atoms with E-state index in [9.17, 15) is 4.79 Å². The first-order valence-electron chi connectivity index (χ1n) is 9.20. The molecule has 2 rings (SSSR count). The lowest BCUT2D eigenvalue weighted by Crippen LogP contribution is -3.12. The summed E-state index contributed by atoms with van der Waals surface area (Å²) >= 11 is 6.85. The highest BCUT2D eigenvalue weighted by Gasteiger charge is 2.23. The van der Waals surface area contributed by atoms with Crippen LogP contribution in [0.4, 0.5) is 0 Å². The van der Waals surface area contributed by atoms with Gasteiger partial charge in [0.25, 0.3) is 0 Å². The maximum absolute atomic E-state index is 12.2. The van der Waals surface area contributed by atoms with Crippen molar-refractivity contribution >= 4 is 34.2 Å². The Labute approximate surface area is 161 Å². The standard InChI is InChI=1S/C19H29N3OS2/c1-3-22(4-2)19(24)25-15-18(23)20-17-10-12-21(13-11-17)14-16-8-6-5-7-9-16/h5-9,17H,3-4,10-15H2,1-2H3,(H,20,23)/p+1. The van der Waals surface area contributed by atoms with Crippen molar-refractivity contribution < 1.29 is 9.69 Å². The summed E-state index contributed by atoms with van der Waals surface area (Å²) in [6.07, 6.45) is 2.11. The summed E-state index contributed by atoms with van der Waals surface area (Å²) in [5.41, 5.74) is 1.39. The van der Waals surface area contributed by atoms with Gasteiger partial charge in [-0.3, -0.25) is 4.79 Å². The van der Waals surface area contributed by atoms with Crippen LogP contribution in [0.15, 0.2) is 30.3 Å². The van der Waals surface area contributed by atoms with E-state index in [1.807, 2.05) is 0 Å². The minimum atomic E-state index is 0.107. The molecule has 1 amide bonds. The second-order valence-corrected chi connectivity index (χ2v) is 8.09. The average Bonchev–Trinajstić information content (AvgIpc) is 2.63. The van der Waals surface area contributed by atoms with E-state index in [4.69, 9.17) is 12.2 Å². The maximum Gasteiger partial charge on any atom is 0.230 e. The highest BCUT2D eigenvalue weighted by molar-refractivity contribution is 8.23. The van der Waals surface area contributed by atoms with E-state index in [0.29, 0.717) is 11.8 Å². The van der Waals surface area contributed by atoms with Crippen LogP contribution in [0.1, 0.15) is 32.3 Å². The van der Waals surface area contributed by atoms with Crippen LogP contribution in [0, 0.1) is 0 Å². The van der Waals surface area contributed by atoms with E-state index in [1.54, 1.807) is 4.90 Å². The number of carbonyl (C=O) groups is 1. The number of likely N-dealkylation sites (tertiary alicyclic amines) is 1. The molecule has 0 atom stereocenters. The summed E-state index contributed by atoms with van der Waals surface area (Å²) in [5.74, 6) is 0.530. The molecule has 25 heavy (non-hydrogen) atoms. The SMILES string of the molecule is CCN(CC)C(=S)SCC(=O)NC1CC[NH+](Cc2ccccc2)CC1. The van der Waals surface area contributed by atoms with Gasteiger partial charge in [0.2, 0.25) is 5.91 Å². The molecule has 2 N–H and O–H groups in total. The van der Waals surface area contributed by atoms with Gasteiger partial charge in [0.05, 0.1) is 18.8 Å². The normalized spacial score (nSPS) is 20.1. The number of nitrogens with one attached hydrogen (secondary N) is 2. The number of nitrogens with zero attached hydrogens (tertiary/aromatic N) is 1. The molecule has 0 aliphatic carbocycles. The van der Waals surface area contributed by atoms with Crippen LogP contribution in [-0.4, -0.2) is 53.1 Å². The number of amides is 1. The Morgan fingerprint density at radius 3 is 2.48 bits per heavy atom. The molecule has 6 heteroatoms. The zero-order valence-corrected chi connectivity index (χ0v) is 16.9. The fourth-order valence-electron chi connectivity index (χ4n) is 3.20. The number of hydrogen-bond acceptors (Lipinski definition) is 3. The Balaban J connectivity index is 1.65. The number of piperidine rings is 1. The van der Waals surface area contributed by atoms with Gasteiger partial charge < -0.3 is 15.1 Å². The Morgan fingerprint density at radius 1 is 1.24 bits per heavy atom. The van der Waals surface area contributed by atoms with Gasteiger partial charge in [0, 0.05) is 37.5 Å². The molecular weight excluding hydrogens is 350 g/mol. The van der Waals surface area contributed by atoms with Gasteiger partial charge in [0.1, 0.15) is 10.9 Å². The summed E-state index contributed by atoms with van der Waals surface area (Å²) in [6.45, 7) is 9.27. The van der Waals surface area contributed by atoms with E-state index in [2.05, 4.69) is 54.4 Å². The second kappa shape index (κ2) is 10.8. The van der Waals surface area contributed by atoms with Crippen LogP contribution in [0.25, 0.3) is 0 Å². The zero-order chi connectivity index (χ0) is 18.1. The molecule has 138 valence electrons. The van der Waals surface area contributed by atoms with Crippen LogP contribution in [0.3, 0.4) is 0 Å². The van der Waals surface area contributed by atoms with Crippen molar-refractivity contribution in [3.8, 4) is 0 Å². The van der Waals surface area contributed by atoms with Gasteiger partial charge in [0.15, 0.2) is 0 Å². The summed E-state index contributed by atoms with van der Waals surface area (Å²) in [4.78, 5) is 15.9. The van der Waals surface area contributed by atoms with Crippen LogP contribution >= 0.6 is 24.0 Å². The van der Waals surface area contributed by atoms with E-state index in [-0.39, 0.29) is 5.91 Å². The van der Waals surface area contributed by atoms with E-state index < -0.39 is 0 Å². The molecule has 4 nitrogen and oxygen atoms in total. The molecule has 0 saturated carbocycles. The van der Waals surface area contributed by atoms with Crippen molar-refractivity contribution in [1.29, 1.82) is 0 Å². The first-order chi connectivity index (χ1) is 12.1. The highest BCUT2D eigenvalue weighted by Crippen LogP contribution is 2.10. The lowest BCUT2D eigenvalue weighted by Gasteiger charge is -2.30. The summed E-state index contributed by atoms with van der Waals surface area (Å²) in [7, 11) is 0. The molecule has 0 bridgehead atoms. The molecule has 1 heterocycles. The molecule has 1 aromatic rings. The predicted octanol–water partition coefficient (Wildman–Crippen LogP) is 1.71. The Morgan fingerprint density at radius 2 is 1.88 bits per heavy atom. The minimum absolute atomic E-state index is 0.107. The highest BCUT2D eigenvalue weighted by atomic mass is 32.2.